The van der Waals surface area contributed by atoms with Gasteiger partial charge in [-0.1, -0.05) is 22.0 Å². The van der Waals surface area contributed by atoms with Gasteiger partial charge in [-0.2, -0.15) is 0 Å². The lowest BCUT2D eigenvalue weighted by atomic mass is 10.2. The highest BCUT2D eigenvalue weighted by atomic mass is 79.9. The summed E-state index contributed by atoms with van der Waals surface area (Å²) >= 11 is 7.02. The number of hydrogen-bond acceptors (Lipinski definition) is 3. The van der Waals surface area contributed by atoms with E-state index < -0.39 is 0 Å². The summed E-state index contributed by atoms with van der Waals surface area (Å²) in [4.78, 5) is 4.10. The van der Waals surface area contributed by atoms with Crippen molar-refractivity contribution >= 4 is 31.9 Å². The Morgan fingerprint density at radius 2 is 1.91 bits per heavy atom. The Bertz CT molecular complexity index is 762. The van der Waals surface area contributed by atoms with Crippen LogP contribution in [0.25, 0.3) is 11.3 Å². The monoisotopic (exact) mass is 455 g/mol. The maximum absolute atomic E-state index is 5.90. The van der Waals surface area contributed by atoms with Crippen molar-refractivity contribution in [3.8, 4) is 11.3 Å². The second-order valence-corrected chi connectivity index (χ2v) is 6.62. The van der Waals surface area contributed by atoms with E-state index in [0.717, 1.165) is 38.1 Å². The smallest absolute Gasteiger partial charge is 0.135 e. The number of rotatable bonds is 5. The molecule has 23 heavy (non-hydrogen) atoms. The van der Waals surface area contributed by atoms with Gasteiger partial charge < -0.3 is 22.1 Å². The van der Waals surface area contributed by atoms with Gasteiger partial charge in [-0.15, -0.1) is 0 Å². The second-order valence-electron chi connectivity index (χ2n) is 4.85. The fourth-order valence-electron chi connectivity index (χ4n) is 2.14. The highest BCUT2D eigenvalue weighted by Crippen LogP contribution is 2.31. The predicted molar refractivity (Wildman–Crippen MR) is 94.3 cm³/mol. The molecule has 0 amide bonds. The van der Waals surface area contributed by atoms with Crippen LogP contribution in [0, 0.1) is 0 Å². The Morgan fingerprint density at radius 3 is 2.65 bits per heavy atom. The maximum atomic E-state index is 5.90. The fourth-order valence-corrected chi connectivity index (χ4v) is 3.38. The van der Waals surface area contributed by atoms with E-state index >= 15 is 0 Å². The minimum atomic E-state index is 0. The molecule has 0 spiro atoms. The number of halogens is 3. The average Bonchev–Trinajstić information content (AvgIpc) is 2.97. The Morgan fingerprint density at radius 1 is 1.04 bits per heavy atom. The van der Waals surface area contributed by atoms with Gasteiger partial charge in [0.2, 0.25) is 0 Å². The van der Waals surface area contributed by atoms with Gasteiger partial charge in [0.1, 0.15) is 11.5 Å². The Labute approximate surface area is 158 Å². The van der Waals surface area contributed by atoms with Crippen LogP contribution in [-0.4, -0.2) is 4.98 Å². The summed E-state index contributed by atoms with van der Waals surface area (Å²) in [5, 5.41) is 3.35. The van der Waals surface area contributed by atoms with E-state index in [2.05, 4.69) is 42.2 Å². The summed E-state index contributed by atoms with van der Waals surface area (Å²) in [5.74, 6) is 1.77. The van der Waals surface area contributed by atoms with E-state index in [9.17, 15) is 0 Å². The molecular weight excluding hydrogens is 443 g/mol. The van der Waals surface area contributed by atoms with E-state index in [1.54, 1.807) is 6.20 Å². The minimum Gasteiger partial charge on any atom is -1.00 e. The van der Waals surface area contributed by atoms with Gasteiger partial charge in [-0.05, 0) is 57.9 Å². The average molecular weight is 458 g/mol. The molecule has 0 saturated carbocycles. The SMILES string of the molecule is Brc1ccc(-c2ccc(CNCc3cccnc3)o2)c(Br)c1.[Cl-]. The van der Waals surface area contributed by atoms with Crippen LogP contribution in [0.1, 0.15) is 11.3 Å². The van der Waals surface area contributed by atoms with Crippen LogP contribution in [0.15, 0.2) is 68.2 Å². The first-order valence-electron chi connectivity index (χ1n) is 6.86. The zero-order valence-electron chi connectivity index (χ0n) is 12.1. The van der Waals surface area contributed by atoms with E-state index in [1.165, 1.54) is 0 Å². The zero-order chi connectivity index (χ0) is 15.4. The van der Waals surface area contributed by atoms with Crippen molar-refractivity contribution in [2.24, 2.45) is 0 Å². The lowest BCUT2D eigenvalue weighted by Crippen LogP contribution is -3.00. The lowest BCUT2D eigenvalue weighted by molar-refractivity contribution is -0.00000479. The van der Waals surface area contributed by atoms with Crippen molar-refractivity contribution in [2.75, 3.05) is 0 Å². The van der Waals surface area contributed by atoms with Crippen molar-refractivity contribution in [3.63, 3.8) is 0 Å². The molecule has 0 unspecified atom stereocenters. The molecule has 1 aromatic carbocycles. The van der Waals surface area contributed by atoms with Gasteiger partial charge in [-0.3, -0.25) is 4.98 Å². The Balaban J connectivity index is 0.00000192. The molecule has 1 N–H and O–H groups in total. The molecule has 0 atom stereocenters. The summed E-state index contributed by atoms with van der Waals surface area (Å²) in [7, 11) is 0. The van der Waals surface area contributed by atoms with Gasteiger partial charge in [0.05, 0.1) is 6.54 Å². The van der Waals surface area contributed by atoms with E-state index in [1.807, 2.05) is 48.7 Å². The zero-order valence-corrected chi connectivity index (χ0v) is 16.0. The third-order valence-corrected chi connectivity index (χ3v) is 4.36. The number of nitrogens with one attached hydrogen (secondary N) is 1. The number of furan rings is 1. The molecule has 2 heterocycles. The lowest BCUT2D eigenvalue weighted by Gasteiger charge is -2.03. The second kappa shape index (κ2) is 8.64. The summed E-state index contributed by atoms with van der Waals surface area (Å²) in [6.45, 7) is 1.45. The minimum absolute atomic E-state index is 0. The molecular formula is C17H14Br2ClN2O-. The van der Waals surface area contributed by atoms with Crippen molar-refractivity contribution in [1.82, 2.24) is 10.3 Å². The summed E-state index contributed by atoms with van der Waals surface area (Å²) in [5.41, 5.74) is 2.20. The number of nitrogens with zero attached hydrogens (tertiary/aromatic N) is 1. The van der Waals surface area contributed by atoms with Crippen LogP contribution >= 0.6 is 31.9 Å². The summed E-state index contributed by atoms with van der Waals surface area (Å²) < 4.78 is 7.95. The molecule has 2 aromatic heterocycles. The normalized spacial score (nSPS) is 10.3. The molecule has 120 valence electrons. The van der Waals surface area contributed by atoms with Crippen LogP contribution in [0.5, 0.6) is 0 Å². The topological polar surface area (TPSA) is 38.1 Å². The van der Waals surface area contributed by atoms with Gasteiger partial charge in [0.15, 0.2) is 0 Å². The van der Waals surface area contributed by atoms with Crippen molar-refractivity contribution in [1.29, 1.82) is 0 Å². The quantitative estimate of drug-likeness (QED) is 0.638. The van der Waals surface area contributed by atoms with Crippen LogP contribution < -0.4 is 17.7 Å². The summed E-state index contributed by atoms with van der Waals surface area (Å²) in [6.07, 6.45) is 3.64. The molecule has 0 aliphatic heterocycles. The molecule has 6 heteroatoms. The third-order valence-electron chi connectivity index (χ3n) is 3.21. The van der Waals surface area contributed by atoms with E-state index in [-0.39, 0.29) is 12.4 Å². The van der Waals surface area contributed by atoms with Crippen molar-refractivity contribution in [2.45, 2.75) is 13.1 Å². The Kier molecular flexibility index (Phi) is 6.84. The highest BCUT2D eigenvalue weighted by molar-refractivity contribution is 9.11. The van der Waals surface area contributed by atoms with E-state index in [4.69, 9.17) is 4.42 Å². The van der Waals surface area contributed by atoms with Crippen LogP contribution in [-0.2, 0) is 13.1 Å². The predicted octanol–water partition coefficient (Wildman–Crippen LogP) is 2.16. The molecule has 0 saturated heterocycles. The molecule has 3 aromatic rings. The molecule has 0 aliphatic carbocycles. The first-order valence-corrected chi connectivity index (χ1v) is 8.45. The van der Waals surface area contributed by atoms with Crippen LogP contribution in [0.2, 0.25) is 0 Å². The molecule has 0 fully saturated rings. The van der Waals surface area contributed by atoms with Gasteiger partial charge in [-0.25, -0.2) is 0 Å². The molecule has 0 aliphatic rings. The van der Waals surface area contributed by atoms with Crippen LogP contribution in [0.3, 0.4) is 0 Å². The maximum Gasteiger partial charge on any atom is 0.135 e. The largest absolute Gasteiger partial charge is 1.00 e. The fraction of sp³-hybridized carbons (Fsp3) is 0.118. The van der Waals surface area contributed by atoms with Gasteiger partial charge in [0.25, 0.3) is 0 Å². The first kappa shape index (κ1) is 18.2. The molecule has 0 bridgehead atoms. The van der Waals surface area contributed by atoms with Crippen molar-refractivity contribution < 1.29 is 16.8 Å². The molecule has 3 rings (SSSR count). The van der Waals surface area contributed by atoms with Crippen molar-refractivity contribution in [3.05, 3.63) is 75.1 Å². The number of aromatic nitrogens is 1. The highest BCUT2D eigenvalue weighted by Gasteiger charge is 2.08. The number of benzene rings is 1. The molecule has 0 radical (unpaired) electrons. The first-order chi connectivity index (χ1) is 10.7. The number of pyridine rings is 1. The summed E-state index contributed by atoms with van der Waals surface area (Å²) in [6, 6.07) is 14.0. The van der Waals surface area contributed by atoms with Crippen LogP contribution in [0.4, 0.5) is 0 Å². The van der Waals surface area contributed by atoms with E-state index in [0.29, 0.717) is 6.54 Å². The third kappa shape index (κ3) is 4.91. The van der Waals surface area contributed by atoms with Gasteiger partial charge in [0, 0.05) is 33.4 Å². The molecule has 3 nitrogen and oxygen atoms in total. The Hall–Kier alpha value is -1.14. The van der Waals surface area contributed by atoms with Gasteiger partial charge >= 0.3 is 0 Å². The standard InChI is InChI=1S/C17H14Br2N2O.ClH/c18-13-3-5-15(16(19)8-13)17-6-4-14(22-17)11-21-10-12-2-1-7-20-9-12;/h1-9,21H,10-11H2;1H/p-1. The number of hydrogen-bond donors (Lipinski definition) is 1.